The highest BCUT2D eigenvalue weighted by molar-refractivity contribution is 7.98. The maximum absolute atomic E-state index is 4.38. The molecule has 0 aromatic carbocycles. The van der Waals surface area contributed by atoms with Gasteiger partial charge >= 0.3 is 0 Å². The van der Waals surface area contributed by atoms with Crippen LogP contribution >= 0.6 is 23.1 Å². The van der Waals surface area contributed by atoms with E-state index in [4.69, 9.17) is 0 Å². The van der Waals surface area contributed by atoms with Gasteiger partial charge in [0, 0.05) is 18.5 Å². The average molecular weight is 252 g/mol. The summed E-state index contributed by atoms with van der Waals surface area (Å²) in [6.07, 6.45) is 1.96. The van der Waals surface area contributed by atoms with Crippen molar-refractivity contribution in [2.45, 2.75) is 5.16 Å². The molecule has 4 nitrogen and oxygen atoms in total. The third-order valence-corrected chi connectivity index (χ3v) is 3.17. The molecule has 2 rings (SSSR count). The fourth-order valence-electron chi connectivity index (χ4n) is 1.19. The monoisotopic (exact) mass is 252 g/mol. The molecule has 0 atom stereocenters. The Kier molecular flexibility index (Phi) is 3.63. The molecule has 0 fully saturated rings. The third kappa shape index (κ3) is 2.65. The van der Waals surface area contributed by atoms with E-state index in [0.717, 1.165) is 22.5 Å². The molecule has 2 N–H and O–H groups in total. The van der Waals surface area contributed by atoms with Crippen LogP contribution in [0.1, 0.15) is 0 Å². The van der Waals surface area contributed by atoms with Gasteiger partial charge in [0.25, 0.3) is 0 Å². The lowest BCUT2D eigenvalue weighted by Crippen LogP contribution is -1.99. The van der Waals surface area contributed by atoms with Crippen LogP contribution in [0.4, 0.5) is 17.3 Å². The molecule has 0 aliphatic carbocycles. The predicted molar refractivity (Wildman–Crippen MR) is 71.0 cm³/mol. The second-order valence-corrected chi connectivity index (χ2v) is 4.57. The van der Waals surface area contributed by atoms with Crippen molar-refractivity contribution in [3.05, 3.63) is 22.9 Å². The van der Waals surface area contributed by atoms with E-state index in [1.807, 2.05) is 36.2 Å². The van der Waals surface area contributed by atoms with E-state index in [0.29, 0.717) is 0 Å². The van der Waals surface area contributed by atoms with E-state index < -0.39 is 0 Å². The summed E-state index contributed by atoms with van der Waals surface area (Å²) in [5.74, 6) is 1.62. The maximum Gasteiger partial charge on any atom is 0.191 e. The molecular formula is C10H12N4S2. The van der Waals surface area contributed by atoms with E-state index >= 15 is 0 Å². The summed E-state index contributed by atoms with van der Waals surface area (Å²) in [4.78, 5) is 8.68. The Balaban J connectivity index is 2.26. The molecule has 0 amide bonds. The van der Waals surface area contributed by atoms with Gasteiger partial charge in [0.15, 0.2) is 5.16 Å². The first-order valence-electron chi connectivity index (χ1n) is 4.72. The molecular weight excluding hydrogens is 240 g/mol. The number of thioether (sulfide) groups is 1. The van der Waals surface area contributed by atoms with Crippen LogP contribution in [0.2, 0.25) is 0 Å². The van der Waals surface area contributed by atoms with E-state index in [9.17, 15) is 0 Å². The number of nitrogens with zero attached hydrogens (tertiary/aromatic N) is 2. The van der Waals surface area contributed by atoms with E-state index in [-0.39, 0.29) is 0 Å². The molecule has 0 radical (unpaired) electrons. The van der Waals surface area contributed by atoms with Gasteiger partial charge in [-0.05, 0) is 17.7 Å². The predicted octanol–water partition coefficient (Wildman–Crippen LogP) is 3.05. The zero-order chi connectivity index (χ0) is 11.4. The number of hydrogen-bond acceptors (Lipinski definition) is 6. The Bertz CT molecular complexity index is 434. The maximum atomic E-state index is 4.38. The summed E-state index contributed by atoms with van der Waals surface area (Å²) in [6, 6.07) is 3.90. The minimum absolute atomic E-state index is 0.754. The molecule has 0 aliphatic rings. The van der Waals surface area contributed by atoms with Crippen molar-refractivity contribution in [2.75, 3.05) is 23.9 Å². The normalized spacial score (nSPS) is 10.1. The van der Waals surface area contributed by atoms with Crippen LogP contribution in [0.15, 0.2) is 28.0 Å². The number of aromatic nitrogens is 2. The molecule has 6 heteroatoms. The fourth-order valence-corrected chi connectivity index (χ4v) is 2.16. The highest BCUT2D eigenvalue weighted by Crippen LogP contribution is 2.21. The second-order valence-electron chi connectivity index (χ2n) is 3.01. The molecule has 16 heavy (non-hydrogen) atoms. The minimum atomic E-state index is 0.754. The summed E-state index contributed by atoms with van der Waals surface area (Å²) in [5.41, 5.74) is 1.05. The molecule has 0 spiro atoms. The van der Waals surface area contributed by atoms with Crippen molar-refractivity contribution >= 4 is 40.4 Å². The van der Waals surface area contributed by atoms with Gasteiger partial charge in [-0.1, -0.05) is 11.8 Å². The van der Waals surface area contributed by atoms with E-state index in [2.05, 4.69) is 20.6 Å². The van der Waals surface area contributed by atoms with Gasteiger partial charge in [-0.3, -0.25) is 0 Å². The van der Waals surface area contributed by atoms with Crippen molar-refractivity contribution in [1.82, 2.24) is 9.97 Å². The lowest BCUT2D eigenvalue weighted by Gasteiger charge is -2.07. The largest absolute Gasteiger partial charge is 0.373 e. The van der Waals surface area contributed by atoms with E-state index in [1.54, 1.807) is 11.3 Å². The highest BCUT2D eigenvalue weighted by Gasteiger charge is 2.03. The van der Waals surface area contributed by atoms with Crippen LogP contribution in [-0.4, -0.2) is 23.3 Å². The summed E-state index contributed by atoms with van der Waals surface area (Å²) >= 11 is 3.18. The zero-order valence-corrected chi connectivity index (χ0v) is 10.7. The molecule has 0 aliphatic heterocycles. The first kappa shape index (κ1) is 11.2. The van der Waals surface area contributed by atoms with Crippen LogP contribution in [-0.2, 0) is 0 Å². The summed E-state index contributed by atoms with van der Waals surface area (Å²) in [7, 11) is 1.85. The van der Waals surface area contributed by atoms with Crippen LogP contribution < -0.4 is 10.6 Å². The molecule has 0 saturated carbocycles. The smallest absolute Gasteiger partial charge is 0.191 e. The van der Waals surface area contributed by atoms with Crippen molar-refractivity contribution in [3.63, 3.8) is 0 Å². The first-order valence-corrected chi connectivity index (χ1v) is 6.88. The van der Waals surface area contributed by atoms with Gasteiger partial charge in [0.05, 0.1) is 5.69 Å². The van der Waals surface area contributed by atoms with Crippen molar-refractivity contribution < 1.29 is 0 Å². The number of thiophene rings is 1. The lowest BCUT2D eigenvalue weighted by atomic mass is 10.4. The summed E-state index contributed by atoms with van der Waals surface area (Å²) in [5, 5.41) is 11.1. The van der Waals surface area contributed by atoms with Crippen LogP contribution in [0, 0.1) is 0 Å². The summed E-state index contributed by atoms with van der Waals surface area (Å²) in [6.45, 7) is 0. The van der Waals surface area contributed by atoms with Gasteiger partial charge in [-0.25, -0.2) is 9.97 Å². The van der Waals surface area contributed by atoms with Gasteiger partial charge in [0.2, 0.25) is 0 Å². The number of hydrogen-bond donors (Lipinski definition) is 2. The van der Waals surface area contributed by atoms with Gasteiger partial charge in [-0.2, -0.15) is 11.3 Å². The number of rotatable bonds is 4. The number of anilines is 3. The SMILES string of the molecule is CNc1cc(Nc2ccsc2)nc(SC)n1. The molecule has 2 aromatic heterocycles. The van der Waals surface area contributed by atoms with Crippen LogP contribution in [0.3, 0.4) is 0 Å². The standard InChI is InChI=1S/C10H12N4S2/c1-11-8-5-9(14-10(13-8)15-2)12-7-3-4-16-6-7/h3-6H,1-2H3,(H2,11,12,13,14). The Hall–Kier alpha value is -1.27. The fraction of sp³-hybridized carbons (Fsp3) is 0.200. The van der Waals surface area contributed by atoms with Crippen LogP contribution in [0.25, 0.3) is 0 Å². The molecule has 0 unspecified atom stereocenters. The van der Waals surface area contributed by atoms with Crippen molar-refractivity contribution in [2.24, 2.45) is 0 Å². The van der Waals surface area contributed by atoms with Crippen LogP contribution in [0.5, 0.6) is 0 Å². The Morgan fingerprint density at radius 2 is 2.12 bits per heavy atom. The Labute approximate surface area is 103 Å². The first-order chi connectivity index (χ1) is 7.81. The Morgan fingerprint density at radius 3 is 2.75 bits per heavy atom. The average Bonchev–Trinajstić information content (AvgIpc) is 2.81. The zero-order valence-electron chi connectivity index (χ0n) is 9.02. The Morgan fingerprint density at radius 1 is 1.31 bits per heavy atom. The molecule has 2 aromatic rings. The second kappa shape index (κ2) is 5.18. The number of nitrogens with one attached hydrogen (secondary N) is 2. The van der Waals surface area contributed by atoms with E-state index in [1.165, 1.54) is 11.8 Å². The molecule has 0 bridgehead atoms. The summed E-state index contributed by atoms with van der Waals surface area (Å²) < 4.78 is 0. The third-order valence-electron chi connectivity index (χ3n) is 1.94. The topological polar surface area (TPSA) is 49.8 Å². The van der Waals surface area contributed by atoms with Gasteiger partial charge in [-0.15, -0.1) is 0 Å². The highest BCUT2D eigenvalue weighted by atomic mass is 32.2. The van der Waals surface area contributed by atoms with Crippen molar-refractivity contribution in [1.29, 1.82) is 0 Å². The van der Waals surface area contributed by atoms with Crippen molar-refractivity contribution in [3.8, 4) is 0 Å². The molecule has 0 saturated heterocycles. The minimum Gasteiger partial charge on any atom is -0.373 e. The molecule has 2 heterocycles. The quantitative estimate of drug-likeness (QED) is 0.647. The van der Waals surface area contributed by atoms with Gasteiger partial charge < -0.3 is 10.6 Å². The lowest BCUT2D eigenvalue weighted by molar-refractivity contribution is 0.977. The molecule has 84 valence electrons. The van der Waals surface area contributed by atoms with Gasteiger partial charge in [0.1, 0.15) is 11.6 Å².